The van der Waals surface area contributed by atoms with E-state index in [1.54, 1.807) is 12.2 Å². The highest BCUT2D eigenvalue weighted by atomic mass is 16.5. The van der Waals surface area contributed by atoms with Gasteiger partial charge in [0, 0.05) is 12.2 Å². The average Bonchev–Trinajstić information content (AvgIpc) is 2.44. The first-order valence-electron chi connectivity index (χ1n) is 7.10. The van der Waals surface area contributed by atoms with Crippen molar-refractivity contribution in [2.24, 2.45) is 0 Å². The number of esters is 2. The standard InChI is InChI=1S/C16H24O4/c1-3-5-7-9-13-19-15(17)11-12-16(18)20-14-10-8-6-4-2/h9-14H,3-8H2,1-2H3/b12-11-,13-9?,14-10?. The van der Waals surface area contributed by atoms with Gasteiger partial charge in [-0.2, -0.15) is 0 Å². The first-order valence-corrected chi connectivity index (χ1v) is 7.10. The monoisotopic (exact) mass is 280 g/mol. The van der Waals surface area contributed by atoms with E-state index in [9.17, 15) is 9.59 Å². The van der Waals surface area contributed by atoms with Crippen LogP contribution in [0, 0.1) is 0 Å². The maximum atomic E-state index is 11.2. The Bertz CT molecular complexity index is 319. The zero-order valence-corrected chi connectivity index (χ0v) is 12.3. The Labute approximate surface area is 121 Å². The minimum absolute atomic E-state index is 0.593. The highest BCUT2D eigenvalue weighted by molar-refractivity contribution is 5.92. The van der Waals surface area contributed by atoms with E-state index in [1.807, 2.05) is 0 Å². The van der Waals surface area contributed by atoms with Crippen molar-refractivity contribution in [2.75, 3.05) is 0 Å². The van der Waals surface area contributed by atoms with Crippen LogP contribution in [0.3, 0.4) is 0 Å². The molecule has 0 atom stereocenters. The van der Waals surface area contributed by atoms with Crippen LogP contribution in [-0.4, -0.2) is 11.9 Å². The van der Waals surface area contributed by atoms with Crippen molar-refractivity contribution < 1.29 is 19.1 Å². The summed E-state index contributed by atoms with van der Waals surface area (Å²) in [7, 11) is 0. The van der Waals surface area contributed by atoms with Crippen molar-refractivity contribution in [3.8, 4) is 0 Å². The second-order valence-electron chi connectivity index (χ2n) is 4.24. The molecule has 4 heteroatoms. The average molecular weight is 280 g/mol. The van der Waals surface area contributed by atoms with E-state index in [-0.39, 0.29) is 0 Å². The van der Waals surface area contributed by atoms with Crippen molar-refractivity contribution in [2.45, 2.75) is 52.4 Å². The van der Waals surface area contributed by atoms with Gasteiger partial charge in [0.15, 0.2) is 0 Å². The molecular weight excluding hydrogens is 256 g/mol. The summed E-state index contributed by atoms with van der Waals surface area (Å²) in [4.78, 5) is 22.4. The van der Waals surface area contributed by atoms with Crippen LogP contribution in [0.5, 0.6) is 0 Å². The van der Waals surface area contributed by atoms with Gasteiger partial charge in [0.2, 0.25) is 0 Å². The predicted octanol–water partition coefficient (Wildman–Crippen LogP) is 4.04. The third-order valence-corrected chi connectivity index (χ3v) is 2.37. The zero-order valence-electron chi connectivity index (χ0n) is 12.3. The van der Waals surface area contributed by atoms with Crippen LogP contribution in [0.25, 0.3) is 0 Å². The number of unbranched alkanes of at least 4 members (excludes halogenated alkanes) is 4. The molecule has 0 aliphatic rings. The summed E-state index contributed by atoms with van der Waals surface area (Å²) < 4.78 is 9.53. The van der Waals surface area contributed by atoms with Crippen molar-refractivity contribution in [1.82, 2.24) is 0 Å². The summed E-state index contributed by atoms with van der Waals surface area (Å²) in [6.07, 6.45) is 14.4. The number of allylic oxidation sites excluding steroid dienone is 2. The van der Waals surface area contributed by atoms with E-state index in [0.717, 1.165) is 50.7 Å². The molecule has 0 aromatic rings. The van der Waals surface area contributed by atoms with Gasteiger partial charge in [0.05, 0.1) is 12.5 Å². The van der Waals surface area contributed by atoms with Gasteiger partial charge in [0.1, 0.15) is 0 Å². The Morgan fingerprint density at radius 3 is 1.55 bits per heavy atom. The minimum atomic E-state index is -0.593. The fourth-order valence-corrected chi connectivity index (χ4v) is 1.23. The molecule has 0 rings (SSSR count). The van der Waals surface area contributed by atoms with E-state index in [0.29, 0.717) is 0 Å². The summed E-state index contributed by atoms with van der Waals surface area (Å²) in [6.45, 7) is 4.18. The predicted molar refractivity (Wildman–Crippen MR) is 78.7 cm³/mol. The Balaban J connectivity index is 3.80. The SMILES string of the molecule is CCCCC=COC(=O)/C=C\C(=O)OC=CCCCC. The summed E-state index contributed by atoms with van der Waals surface area (Å²) in [6, 6.07) is 0. The van der Waals surface area contributed by atoms with E-state index >= 15 is 0 Å². The lowest BCUT2D eigenvalue weighted by atomic mass is 10.2. The molecule has 0 aliphatic carbocycles. The number of carbonyl (C=O) groups excluding carboxylic acids is 2. The molecule has 4 nitrogen and oxygen atoms in total. The molecule has 0 aliphatic heterocycles. The number of carbonyl (C=O) groups is 2. The van der Waals surface area contributed by atoms with Gasteiger partial charge >= 0.3 is 11.9 Å². The Hall–Kier alpha value is -1.84. The minimum Gasteiger partial charge on any atom is -0.432 e. The molecule has 20 heavy (non-hydrogen) atoms. The molecule has 0 unspecified atom stereocenters. The van der Waals surface area contributed by atoms with Gasteiger partial charge in [-0.1, -0.05) is 26.7 Å². The Morgan fingerprint density at radius 2 is 1.20 bits per heavy atom. The molecule has 0 saturated carbocycles. The lowest BCUT2D eigenvalue weighted by molar-refractivity contribution is -0.135. The molecule has 0 amide bonds. The van der Waals surface area contributed by atoms with E-state index in [4.69, 9.17) is 9.47 Å². The molecule has 0 bridgehead atoms. The van der Waals surface area contributed by atoms with Crippen LogP contribution >= 0.6 is 0 Å². The first kappa shape index (κ1) is 18.2. The van der Waals surface area contributed by atoms with Gasteiger partial charge in [0.25, 0.3) is 0 Å². The smallest absolute Gasteiger partial charge is 0.335 e. The summed E-state index contributed by atoms with van der Waals surface area (Å²) in [5, 5.41) is 0. The highest BCUT2D eigenvalue weighted by Crippen LogP contribution is 1.97. The fourth-order valence-electron chi connectivity index (χ4n) is 1.23. The van der Waals surface area contributed by atoms with Crippen molar-refractivity contribution in [1.29, 1.82) is 0 Å². The maximum Gasteiger partial charge on any atom is 0.335 e. The molecule has 0 saturated heterocycles. The number of ether oxygens (including phenoxy) is 2. The van der Waals surface area contributed by atoms with Gasteiger partial charge in [-0.15, -0.1) is 0 Å². The van der Waals surface area contributed by atoms with Crippen LogP contribution < -0.4 is 0 Å². The van der Waals surface area contributed by atoms with E-state index < -0.39 is 11.9 Å². The van der Waals surface area contributed by atoms with Crippen LogP contribution in [-0.2, 0) is 19.1 Å². The quantitative estimate of drug-likeness (QED) is 0.262. The molecule has 0 spiro atoms. The Morgan fingerprint density at radius 1 is 0.800 bits per heavy atom. The highest BCUT2D eigenvalue weighted by Gasteiger charge is 1.97. The molecule has 0 heterocycles. The lowest BCUT2D eigenvalue weighted by Crippen LogP contribution is -1.98. The lowest BCUT2D eigenvalue weighted by Gasteiger charge is -1.94. The number of hydrogen-bond acceptors (Lipinski definition) is 4. The van der Waals surface area contributed by atoms with Crippen LogP contribution in [0.15, 0.2) is 36.8 Å². The maximum absolute atomic E-state index is 11.2. The summed E-state index contributed by atoms with van der Waals surface area (Å²) in [5.74, 6) is -1.19. The molecule has 0 radical (unpaired) electrons. The van der Waals surface area contributed by atoms with Gasteiger partial charge in [-0.05, 0) is 37.8 Å². The van der Waals surface area contributed by atoms with Gasteiger partial charge in [-0.25, -0.2) is 9.59 Å². The van der Waals surface area contributed by atoms with Crippen molar-refractivity contribution >= 4 is 11.9 Å². The normalized spacial score (nSPS) is 11.5. The number of rotatable bonds is 10. The van der Waals surface area contributed by atoms with Crippen molar-refractivity contribution in [3.05, 3.63) is 36.8 Å². The molecular formula is C16H24O4. The van der Waals surface area contributed by atoms with Gasteiger partial charge < -0.3 is 9.47 Å². The summed E-state index contributed by atoms with van der Waals surface area (Å²) in [5.41, 5.74) is 0. The van der Waals surface area contributed by atoms with Crippen molar-refractivity contribution in [3.63, 3.8) is 0 Å². The first-order chi connectivity index (χ1) is 9.70. The largest absolute Gasteiger partial charge is 0.432 e. The van der Waals surface area contributed by atoms with Crippen LogP contribution in [0.4, 0.5) is 0 Å². The van der Waals surface area contributed by atoms with Crippen LogP contribution in [0.2, 0.25) is 0 Å². The molecule has 112 valence electrons. The number of hydrogen-bond donors (Lipinski definition) is 0. The van der Waals surface area contributed by atoms with E-state index in [1.165, 1.54) is 12.5 Å². The topological polar surface area (TPSA) is 52.6 Å². The fraction of sp³-hybridized carbons (Fsp3) is 0.500. The van der Waals surface area contributed by atoms with Gasteiger partial charge in [-0.3, -0.25) is 0 Å². The third-order valence-electron chi connectivity index (χ3n) is 2.37. The second-order valence-corrected chi connectivity index (χ2v) is 4.24. The van der Waals surface area contributed by atoms with Crippen LogP contribution in [0.1, 0.15) is 52.4 Å². The zero-order chi connectivity index (χ0) is 15.1. The molecule has 0 aromatic carbocycles. The second kappa shape index (κ2) is 13.6. The Kier molecular flexibility index (Phi) is 12.3. The third kappa shape index (κ3) is 12.6. The van der Waals surface area contributed by atoms with E-state index in [2.05, 4.69) is 13.8 Å². The molecule has 0 N–H and O–H groups in total. The summed E-state index contributed by atoms with van der Waals surface area (Å²) >= 11 is 0. The molecule has 0 fully saturated rings. The molecule has 0 aromatic heterocycles.